The monoisotopic (exact) mass is 421 g/mol. The first-order valence-electron chi connectivity index (χ1n) is 9.35. The minimum Gasteiger partial charge on any atom is -0.497 e. The maximum absolute atomic E-state index is 12.8. The van der Waals surface area contributed by atoms with E-state index >= 15 is 0 Å². The summed E-state index contributed by atoms with van der Waals surface area (Å²) in [5.74, 6) is 0.765. The van der Waals surface area contributed by atoms with Gasteiger partial charge in [0.15, 0.2) is 0 Å². The number of pyridine rings is 1. The summed E-state index contributed by atoms with van der Waals surface area (Å²) in [5, 5.41) is 3.21. The van der Waals surface area contributed by atoms with Gasteiger partial charge in [-0.1, -0.05) is 29.8 Å². The lowest BCUT2D eigenvalue weighted by atomic mass is 10.2. The number of carbonyl (C=O) groups excluding carboxylic acids is 1. The van der Waals surface area contributed by atoms with E-state index in [1.165, 1.54) is 0 Å². The summed E-state index contributed by atoms with van der Waals surface area (Å²) in [7, 11) is 1.56. The zero-order valence-electron chi connectivity index (χ0n) is 16.6. The molecule has 6 nitrogen and oxygen atoms in total. The molecule has 2 heterocycles. The van der Waals surface area contributed by atoms with Gasteiger partial charge in [0.05, 0.1) is 29.1 Å². The normalized spacial score (nSPS) is 10.8. The van der Waals surface area contributed by atoms with Crippen molar-refractivity contribution in [2.24, 2.45) is 0 Å². The highest BCUT2D eigenvalue weighted by Gasteiger charge is 2.15. The Kier molecular flexibility index (Phi) is 5.59. The zero-order chi connectivity index (χ0) is 21.1. The highest BCUT2D eigenvalue weighted by molar-refractivity contribution is 6.34. The molecule has 0 aliphatic rings. The maximum atomic E-state index is 12.8. The van der Waals surface area contributed by atoms with Gasteiger partial charge in [-0.15, -0.1) is 0 Å². The molecule has 0 aliphatic heterocycles. The third-order valence-electron chi connectivity index (χ3n) is 4.66. The van der Waals surface area contributed by atoms with E-state index in [4.69, 9.17) is 21.1 Å². The van der Waals surface area contributed by atoms with Crippen LogP contribution in [-0.4, -0.2) is 22.4 Å². The number of ether oxygens (including phenoxy) is 2. The van der Waals surface area contributed by atoms with Gasteiger partial charge in [-0.25, -0.2) is 4.98 Å². The topological polar surface area (TPSA) is 64.9 Å². The summed E-state index contributed by atoms with van der Waals surface area (Å²) >= 11 is 6.24. The fourth-order valence-electron chi connectivity index (χ4n) is 3.12. The molecule has 2 aromatic carbocycles. The standard InChI is InChI=1S/C23H20ClN3O3/c1-15-6-5-11-27-13-16(25-22(15)27)14-30-21-8-4-3-7-18(21)23(28)26-20-10-9-17(29-2)12-19(20)24/h3-13H,14H2,1-2H3,(H,26,28). The van der Waals surface area contributed by atoms with E-state index < -0.39 is 0 Å². The number of aryl methyl sites for hydroxylation is 1. The second kappa shape index (κ2) is 8.47. The van der Waals surface area contributed by atoms with E-state index in [0.29, 0.717) is 27.8 Å². The predicted octanol–water partition coefficient (Wildman–Crippen LogP) is 5.14. The van der Waals surface area contributed by atoms with Crippen molar-refractivity contribution in [2.75, 3.05) is 12.4 Å². The van der Waals surface area contributed by atoms with Crippen LogP contribution in [0.15, 0.2) is 67.0 Å². The van der Waals surface area contributed by atoms with E-state index in [9.17, 15) is 4.79 Å². The first kappa shape index (κ1) is 19.8. The highest BCUT2D eigenvalue weighted by Crippen LogP contribution is 2.28. The van der Waals surface area contributed by atoms with Crippen LogP contribution in [0.1, 0.15) is 21.6 Å². The van der Waals surface area contributed by atoms with Gasteiger partial charge in [-0.2, -0.15) is 0 Å². The Balaban J connectivity index is 1.51. The van der Waals surface area contributed by atoms with Crippen LogP contribution in [0.2, 0.25) is 5.02 Å². The summed E-state index contributed by atoms with van der Waals surface area (Å²) in [6, 6.07) is 16.1. The van der Waals surface area contributed by atoms with Crippen molar-refractivity contribution < 1.29 is 14.3 Å². The van der Waals surface area contributed by atoms with Crippen LogP contribution in [0.25, 0.3) is 5.65 Å². The number of aromatic nitrogens is 2. The minimum atomic E-state index is -0.316. The van der Waals surface area contributed by atoms with Crippen molar-refractivity contribution in [3.8, 4) is 11.5 Å². The zero-order valence-corrected chi connectivity index (χ0v) is 17.3. The molecule has 0 fully saturated rings. The molecule has 152 valence electrons. The van der Waals surface area contributed by atoms with E-state index in [2.05, 4.69) is 10.3 Å². The number of amides is 1. The van der Waals surface area contributed by atoms with Gasteiger partial charge in [0.1, 0.15) is 23.8 Å². The van der Waals surface area contributed by atoms with Crippen molar-refractivity contribution in [1.82, 2.24) is 9.38 Å². The SMILES string of the molecule is COc1ccc(NC(=O)c2ccccc2OCc2cn3cccc(C)c3n2)c(Cl)c1. The third kappa shape index (κ3) is 4.09. The van der Waals surface area contributed by atoms with Crippen molar-refractivity contribution in [3.05, 3.63) is 88.8 Å². The number of para-hydroxylation sites is 1. The average molecular weight is 422 g/mol. The molecule has 0 saturated heterocycles. The lowest BCUT2D eigenvalue weighted by Gasteiger charge is -2.12. The van der Waals surface area contributed by atoms with Gasteiger partial charge in [0, 0.05) is 18.5 Å². The number of nitrogens with one attached hydrogen (secondary N) is 1. The number of imidazole rings is 1. The molecule has 4 rings (SSSR count). The van der Waals surface area contributed by atoms with Gasteiger partial charge in [0.2, 0.25) is 0 Å². The largest absolute Gasteiger partial charge is 0.497 e. The first-order chi connectivity index (χ1) is 14.5. The van der Waals surface area contributed by atoms with Crippen LogP contribution in [0.4, 0.5) is 5.69 Å². The quantitative estimate of drug-likeness (QED) is 0.468. The van der Waals surface area contributed by atoms with Crippen molar-refractivity contribution in [1.29, 1.82) is 0 Å². The summed E-state index contributed by atoms with van der Waals surface area (Å²) in [6.07, 6.45) is 3.86. The van der Waals surface area contributed by atoms with Gasteiger partial charge in [0.25, 0.3) is 5.91 Å². The third-order valence-corrected chi connectivity index (χ3v) is 4.97. The van der Waals surface area contributed by atoms with Crippen molar-refractivity contribution >= 4 is 28.8 Å². The first-order valence-corrected chi connectivity index (χ1v) is 9.73. The molecular weight excluding hydrogens is 402 g/mol. The number of hydrogen-bond donors (Lipinski definition) is 1. The Morgan fingerprint density at radius 3 is 2.77 bits per heavy atom. The summed E-state index contributed by atoms with van der Waals surface area (Å²) in [6.45, 7) is 2.26. The van der Waals surface area contributed by atoms with E-state index in [-0.39, 0.29) is 12.5 Å². The molecule has 4 aromatic rings. The maximum Gasteiger partial charge on any atom is 0.259 e. The molecule has 30 heavy (non-hydrogen) atoms. The second-order valence-electron chi connectivity index (χ2n) is 6.74. The van der Waals surface area contributed by atoms with E-state index in [0.717, 1.165) is 16.9 Å². The summed E-state index contributed by atoms with van der Waals surface area (Å²) in [5.41, 5.74) is 3.64. The predicted molar refractivity (Wildman–Crippen MR) is 117 cm³/mol. The van der Waals surface area contributed by atoms with Crippen LogP contribution in [0.3, 0.4) is 0 Å². The second-order valence-corrected chi connectivity index (χ2v) is 7.15. The van der Waals surface area contributed by atoms with Crippen LogP contribution >= 0.6 is 11.6 Å². The van der Waals surface area contributed by atoms with Crippen LogP contribution < -0.4 is 14.8 Å². The summed E-state index contributed by atoms with van der Waals surface area (Å²) < 4.78 is 13.0. The number of rotatable bonds is 6. The van der Waals surface area contributed by atoms with Gasteiger partial charge in [-0.05, 0) is 42.8 Å². The Morgan fingerprint density at radius 1 is 1.17 bits per heavy atom. The number of halogens is 1. The fourth-order valence-corrected chi connectivity index (χ4v) is 3.34. The van der Waals surface area contributed by atoms with Crippen LogP contribution in [-0.2, 0) is 6.61 Å². The Morgan fingerprint density at radius 2 is 2.00 bits per heavy atom. The van der Waals surface area contributed by atoms with Crippen molar-refractivity contribution in [2.45, 2.75) is 13.5 Å². The van der Waals surface area contributed by atoms with Crippen LogP contribution in [0, 0.1) is 6.92 Å². The molecule has 0 unspecified atom stereocenters. The molecule has 1 amide bonds. The smallest absolute Gasteiger partial charge is 0.259 e. The Bertz CT molecular complexity index is 1220. The van der Waals surface area contributed by atoms with E-state index in [1.54, 1.807) is 43.5 Å². The lowest BCUT2D eigenvalue weighted by molar-refractivity contribution is 0.102. The minimum absolute atomic E-state index is 0.245. The van der Waals surface area contributed by atoms with Gasteiger partial charge >= 0.3 is 0 Å². The average Bonchev–Trinajstić information content (AvgIpc) is 3.18. The Hall–Kier alpha value is -3.51. The van der Waals surface area contributed by atoms with Crippen molar-refractivity contribution in [3.63, 3.8) is 0 Å². The lowest BCUT2D eigenvalue weighted by Crippen LogP contribution is -2.14. The number of anilines is 1. The molecule has 2 aromatic heterocycles. The van der Waals surface area contributed by atoms with Crippen LogP contribution in [0.5, 0.6) is 11.5 Å². The van der Waals surface area contributed by atoms with Gasteiger partial charge in [-0.3, -0.25) is 4.79 Å². The number of carbonyl (C=O) groups is 1. The molecule has 0 aliphatic carbocycles. The van der Waals surface area contributed by atoms with E-state index in [1.807, 2.05) is 41.9 Å². The number of fused-ring (bicyclic) bond motifs is 1. The highest BCUT2D eigenvalue weighted by atomic mass is 35.5. The number of nitrogens with zero attached hydrogens (tertiary/aromatic N) is 2. The molecule has 0 saturated carbocycles. The number of methoxy groups -OCH3 is 1. The molecule has 7 heteroatoms. The molecule has 0 bridgehead atoms. The fraction of sp³-hybridized carbons (Fsp3) is 0.130. The number of hydrogen-bond acceptors (Lipinski definition) is 4. The molecule has 1 N–H and O–H groups in total. The molecule has 0 atom stereocenters. The number of benzene rings is 2. The Labute approximate surface area is 179 Å². The summed E-state index contributed by atoms with van der Waals surface area (Å²) in [4.78, 5) is 17.4. The molecule has 0 radical (unpaired) electrons. The van der Waals surface area contributed by atoms with Gasteiger partial charge < -0.3 is 19.2 Å². The molecular formula is C23H20ClN3O3. The molecule has 0 spiro atoms.